The fraction of sp³-hybridized carbons (Fsp3) is 0.533. The maximum atomic E-state index is 14.1. The van der Waals surface area contributed by atoms with Gasteiger partial charge in [-0.3, -0.25) is 14.5 Å². The predicted octanol–water partition coefficient (Wildman–Crippen LogP) is 4.74. The summed E-state index contributed by atoms with van der Waals surface area (Å²) in [4.78, 5) is 30.2. The van der Waals surface area contributed by atoms with Crippen molar-refractivity contribution in [2.75, 3.05) is 20.8 Å². The molecule has 2 heterocycles. The standard InChI is InChI=1S/C30H37NO4/c1-6-35-27(33)30(26(32)15-12-20-10-8-7-9-11-20)19-29(3)24-16-21-13-14-22(34-5)17-23(21)28(29,2)18-25(30)31(24)4/h7-11,13-14,17,24-25H,6,12,15-16,18-19H2,1-5H3/t24?,25?,28-,29+,30?/m0/s1. The third-order valence-electron chi connectivity index (χ3n) is 9.74. The Balaban J connectivity index is 1.57. The van der Waals surface area contributed by atoms with Gasteiger partial charge in [0.15, 0.2) is 5.78 Å². The van der Waals surface area contributed by atoms with Crippen LogP contribution in [-0.2, 0) is 32.6 Å². The van der Waals surface area contributed by atoms with Gasteiger partial charge in [0.05, 0.1) is 13.7 Å². The Kier molecular flexibility index (Phi) is 5.83. The number of ketones is 1. The van der Waals surface area contributed by atoms with Gasteiger partial charge in [-0.25, -0.2) is 0 Å². The molecule has 1 saturated carbocycles. The molecular formula is C30H37NO4. The maximum Gasteiger partial charge on any atom is 0.321 e. The average molecular weight is 476 g/mol. The summed E-state index contributed by atoms with van der Waals surface area (Å²) in [5.74, 6) is 0.542. The number of esters is 1. The van der Waals surface area contributed by atoms with Crippen LogP contribution in [-0.4, -0.2) is 49.5 Å². The van der Waals surface area contributed by atoms with Crippen molar-refractivity contribution < 1.29 is 19.1 Å². The first kappa shape index (κ1) is 24.1. The van der Waals surface area contributed by atoms with E-state index in [0.29, 0.717) is 19.3 Å². The number of carbonyl (C=O) groups is 2. The molecule has 0 spiro atoms. The van der Waals surface area contributed by atoms with Crippen molar-refractivity contribution in [2.45, 2.75) is 70.4 Å². The second-order valence-electron chi connectivity index (χ2n) is 11.2. The quantitative estimate of drug-likeness (QED) is 0.428. The Bertz CT molecular complexity index is 1150. The van der Waals surface area contributed by atoms with Gasteiger partial charge in [0, 0.05) is 23.9 Å². The molecule has 6 rings (SSSR count). The molecule has 2 saturated heterocycles. The Hall–Kier alpha value is -2.66. The second-order valence-corrected chi connectivity index (χ2v) is 11.2. The van der Waals surface area contributed by atoms with Crippen LogP contribution in [0.4, 0.5) is 0 Å². The smallest absolute Gasteiger partial charge is 0.321 e. The molecule has 186 valence electrons. The highest BCUT2D eigenvalue weighted by Gasteiger charge is 2.73. The van der Waals surface area contributed by atoms with Gasteiger partial charge in [0.25, 0.3) is 0 Å². The van der Waals surface area contributed by atoms with Crippen molar-refractivity contribution in [3.05, 3.63) is 65.2 Å². The van der Waals surface area contributed by atoms with Crippen LogP contribution in [0.25, 0.3) is 0 Å². The summed E-state index contributed by atoms with van der Waals surface area (Å²) in [7, 11) is 3.81. The van der Waals surface area contributed by atoms with Crippen molar-refractivity contribution >= 4 is 11.8 Å². The number of hydrogen-bond acceptors (Lipinski definition) is 5. The van der Waals surface area contributed by atoms with Gasteiger partial charge in [-0.1, -0.05) is 50.2 Å². The molecule has 5 atom stereocenters. The molecule has 0 radical (unpaired) electrons. The van der Waals surface area contributed by atoms with E-state index >= 15 is 0 Å². The van der Waals surface area contributed by atoms with Gasteiger partial charge in [-0.15, -0.1) is 0 Å². The summed E-state index contributed by atoms with van der Waals surface area (Å²) in [6, 6.07) is 16.5. The highest BCUT2D eigenvalue weighted by atomic mass is 16.5. The van der Waals surface area contributed by atoms with E-state index in [0.717, 1.165) is 24.2 Å². The number of aryl methyl sites for hydroxylation is 1. The number of Topliss-reactive ketones (excluding diaryl/α,β-unsaturated/α-hetero) is 1. The number of fused-ring (bicyclic) bond motifs is 2. The van der Waals surface area contributed by atoms with Crippen LogP contribution in [0, 0.1) is 10.8 Å². The van der Waals surface area contributed by atoms with Crippen LogP contribution in [0.2, 0.25) is 0 Å². The largest absolute Gasteiger partial charge is 0.497 e. The lowest BCUT2D eigenvalue weighted by molar-refractivity contribution is -0.208. The van der Waals surface area contributed by atoms with E-state index in [4.69, 9.17) is 9.47 Å². The zero-order chi connectivity index (χ0) is 25.0. The van der Waals surface area contributed by atoms with Gasteiger partial charge in [-0.05, 0) is 73.9 Å². The molecule has 2 aliphatic carbocycles. The van der Waals surface area contributed by atoms with Crippen molar-refractivity contribution in [1.82, 2.24) is 4.90 Å². The van der Waals surface area contributed by atoms with Gasteiger partial charge in [-0.2, -0.15) is 0 Å². The zero-order valence-electron chi connectivity index (χ0n) is 21.6. The SMILES string of the molecule is CCOC(=O)C1(C(=O)CCc2ccccc2)C[C@]2(C)C3Cc4ccc(OC)cc4[C@]2(C)CC1N3C. The van der Waals surface area contributed by atoms with E-state index in [9.17, 15) is 9.59 Å². The van der Waals surface area contributed by atoms with Gasteiger partial charge < -0.3 is 9.47 Å². The van der Waals surface area contributed by atoms with Crippen LogP contribution >= 0.6 is 0 Å². The molecule has 3 unspecified atom stereocenters. The fourth-order valence-electron chi connectivity index (χ4n) is 7.69. The molecule has 2 aliphatic heterocycles. The van der Waals surface area contributed by atoms with Crippen molar-refractivity contribution in [3.63, 3.8) is 0 Å². The number of carbonyl (C=O) groups excluding carboxylic acids is 2. The summed E-state index contributed by atoms with van der Waals surface area (Å²) in [5, 5.41) is 0. The van der Waals surface area contributed by atoms with Crippen molar-refractivity contribution in [1.29, 1.82) is 0 Å². The molecule has 4 bridgehead atoms. The lowest BCUT2D eigenvalue weighted by Crippen LogP contribution is -2.78. The Morgan fingerprint density at radius 1 is 1.09 bits per heavy atom. The van der Waals surface area contributed by atoms with Crippen LogP contribution in [0.15, 0.2) is 48.5 Å². The van der Waals surface area contributed by atoms with Crippen LogP contribution in [0.3, 0.4) is 0 Å². The fourth-order valence-corrected chi connectivity index (χ4v) is 7.69. The first-order valence-corrected chi connectivity index (χ1v) is 12.8. The lowest BCUT2D eigenvalue weighted by Gasteiger charge is -2.71. The molecule has 35 heavy (non-hydrogen) atoms. The van der Waals surface area contributed by atoms with Gasteiger partial charge in [0.2, 0.25) is 0 Å². The minimum Gasteiger partial charge on any atom is -0.497 e. The monoisotopic (exact) mass is 475 g/mol. The number of ether oxygens (including phenoxy) is 2. The highest BCUT2D eigenvalue weighted by Crippen LogP contribution is 2.68. The normalized spacial score (nSPS) is 33.2. The minimum atomic E-state index is -1.14. The average Bonchev–Trinajstić information content (AvgIpc) is 2.86. The van der Waals surface area contributed by atoms with E-state index in [1.807, 2.05) is 43.3 Å². The third-order valence-corrected chi connectivity index (χ3v) is 9.74. The maximum absolute atomic E-state index is 14.1. The van der Waals surface area contributed by atoms with E-state index < -0.39 is 5.41 Å². The molecule has 0 N–H and O–H groups in total. The second kappa shape index (κ2) is 8.48. The summed E-state index contributed by atoms with van der Waals surface area (Å²) >= 11 is 0. The Morgan fingerprint density at radius 2 is 1.83 bits per heavy atom. The molecular weight excluding hydrogens is 438 g/mol. The number of piperidine rings is 2. The Labute approximate surface area is 208 Å². The number of hydrogen-bond donors (Lipinski definition) is 0. The first-order valence-electron chi connectivity index (χ1n) is 12.8. The van der Waals surface area contributed by atoms with Crippen LogP contribution in [0.1, 0.15) is 56.7 Å². The topological polar surface area (TPSA) is 55.8 Å². The number of methoxy groups -OCH3 is 1. The zero-order valence-corrected chi connectivity index (χ0v) is 21.6. The summed E-state index contributed by atoms with van der Waals surface area (Å²) in [6.07, 6.45) is 3.16. The highest BCUT2D eigenvalue weighted by molar-refractivity contribution is 6.05. The van der Waals surface area contributed by atoms with Gasteiger partial charge >= 0.3 is 5.97 Å². The van der Waals surface area contributed by atoms with E-state index in [-0.39, 0.29) is 41.3 Å². The summed E-state index contributed by atoms with van der Waals surface area (Å²) < 4.78 is 11.2. The molecule has 5 heteroatoms. The van der Waals surface area contributed by atoms with Crippen LogP contribution in [0.5, 0.6) is 5.75 Å². The summed E-state index contributed by atoms with van der Waals surface area (Å²) in [6.45, 7) is 6.73. The first-order chi connectivity index (χ1) is 16.7. The number of rotatable bonds is 7. The van der Waals surface area contributed by atoms with E-state index in [1.165, 1.54) is 11.1 Å². The third kappa shape index (κ3) is 3.31. The van der Waals surface area contributed by atoms with Crippen molar-refractivity contribution in [3.8, 4) is 5.75 Å². The van der Waals surface area contributed by atoms with Crippen molar-refractivity contribution in [2.24, 2.45) is 10.8 Å². The lowest BCUT2D eigenvalue weighted by atomic mass is 9.39. The predicted molar refractivity (Wildman–Crippen MR) is 136 cm³/mol. The Morgan fingerprint density at radius 3 is 2.51 bits per heavy atom. The number of benzene rings is 2. The minimum absolute atomic E-state index is 0.0230. The molecule has 2 aromatic rings. The molecule has 0 amide bonds. The molecule has 2 aromatic carbocycles. The van der Waals surface area contributed by atoms with E-state index in [2.05, 4.69) is 37.9 Å². The number of likely N-dealkylation sites (N-methyl/N-ethyl adjacent to an activating group) is 1. The molecule has 0 aromatic heterocycles. The number of nitrogens with zero attached hydrogens (tertiary/aromatic N) is 1. The molecule has 5 nitrogen and oxygen atoms in total. The van der Waals surface area contributed by atoms with Crippen LogP contribution < -0.4 is 4.74 Å². The molecule has 4 aliphatic rings. The summed E-state index contributed by atoms with van der Waals surface area (Å²) in [5.41, 5.74) is 2.21. The molecule has 3 fully saturated rings. The van der Waals surface area contributed by atoms with Gasteiger partial charge in [0.1, 0.15) is 11.2 Å². The van der Waals surface area contributed by atoms with E-state index in [1.54, 1.807) is 7.11 Å².